The Morgan fingerprint density at radius 1 is 1.47 bits per heavy atom. The number of hydrogen-bond acceptors (Lipinski definition) is 6. The van der Waals surface area contributed by atoms with Crippen LogP contribution >= 0.6 is 15.9 Å². The van der Waals surface area contributed by atoms with Crippen LogP contribution in [0.25, 0.3) is 0 Å². The fourth-order valence-electron chi connectivity index (χ4n) is 1.32. The number of phenols is 1. The van der Waals surface area contributed by atoms with Gasteiger partial charge in [0.1, 0.15) is 0 Å². The molecule has 0 aliphatic heterocycles. The Labute approximate surface area is 119 Å². The van der Waals surface area contributed by atoms with E-state index in [1.54, 1.807) is 25.1 Å². The van der Waals surface area contributed by atoms with Crippen LogP contribution in [0.4, 0.5) is 5.69 Å². The first-order valence-corrected chi connectivity index (χ1v) is 6.42. The van der Waals surface area contributed by atoms with E-state index in [1.165, 1.54) is 6.92 Å². The maximum Gasteiger partial charge on any atom is 0.332 e. The first-order valence-electron chi connectivity index (χ1n) is 5.63. The quantitative estimate of drug-likeness (QED) is 0.318. The van der Waals surface area contributed by atoms with Crippen LogP contribution in [0.3, 0.4) is 0 Å². The van der Waals surface area contributed by atoms with Gasteiger partial charge in [-0.1, -0.05) is 6.07 Å². The van der Waals surface area contributed by atoms with Crippen LogP contribution in [0.15, 0.2) is 22.7 Å². The van der Waals surface area contributed by atoms with Gasteiger partial charge in [-0.2, -0.15) is 0 Å². The molecule has 3 N–H and O–H groups in total. The summed E-state index contributed by atoms with van der Waals surface area (Å²) in [6.45, 7) is 3.12. The Morgan fingerprint density at radius 2 is 2.16 bits per heavy atom. The average Bonchev–Trinajstić information content (AvgIpc) is 2.34. The number of aromatic hydroxyl groups is 1. The minimum atomic E-state index is -1.13. The predicted octanol–water partition coefficient (Wildman–Crippen LogP) is 1.59. The highest BCUT2D eigenvalue weighted by atomic mass is 79.9. The highest BCUT2D eigenvalue weighted by Gasteiger charge is 2.24. The second kappa shape index (κ2) is 7.10. The minimum absolute atomic E-state index is 0.0267. The molecule has 7 heteroatoms. The van der Waals surface area contributed by atoms with Crippen LogP contribution in [0, 0.1) is 0 Å². The van der Waals surface area contributed by atoms with Gasteiger partial charge in [0.05, 0.1) is 16.8 Å². The van der Waals surface area contributed by atoms with Crippen molar-refractivity contribution in [2.45, 2.75) is 19.9 Å². The smallest absolute Gasteiger partial charge is 0.332 e. The summed E-state index contributed by atoms with van der Waals surface area (Å²) in [6, 6.07) is 3.82. The van der Waals surface area contributed by atoms with Crippen molar-refractivity contribution in [2.75, 3.05) is 12.0 Å². The van der Waals surface area contributed by atoms with Crippen LogP contribution in [0.2, 0.25) is 0 Å². The molecule has 1 aromatic rings. The molecule has 1 unspecified atom stereocenters. The molecule has 0 heterocycles. The maximum absolute atomic E-state index is 11.5. The number of hydrogen-bond donors (Lipinski definition) is 3. The summed E-state index contributed by atoms with van der Waals surface area (Å²) in [5.74, 6) is -1.08. The standard InChI is InChI=1S/C12H15BrN2O4/c1-3-19-12(18)10(7(2)16)15-14-9-6-4-5-8(13)11(9)17/h4-6,10,14-15,17H,3H2,1-2H3. The lowest BCUT2D eigenvalue weighted by molar-refractivity contribution is -0.148. The highest BCUT2D eigenvalue weighted by molar-refractivity contribution is 9.10. The zero-order valence-electron chi connectivity index (χ0n) is 10.6. The second-order valence-electron chi connectivity index (χ2n) is 3.70. The Balaban J connectivity index is 2.74. The molecule has 0 aliphatic rings. The molecular weight excluding hydrogens is 316 g/mol. The summed E-state index contributed by atoms with van der Waals surface area (Å²) in [5.41, 5.74) is 5.49. The van der Waals surface area contributed by atoms with Gasteiger partial charge in [0, 0.05) is 0 Å². The van der Waals surface area contributed by atoms with E-state index in [4.69, 9.17) is 4.74 Å². The molecule has 0 bridgehead atoms. The molecule has 19 heavy (non-hydrogen) atoms. The van der Waals surface area contributed by atoms with Crippen molar-refractivity contribution in [1.82, 2.24) is 5.43 Å². The van der Waals surface area contributed by atoms with Crippen molar-refractivity contribution in [2.24, 2.45) is 0 Å². The number of Topliss-reactive ketones (excluding diaryl/α,β-unsaturated/α-hetero) is 1. The predicted molar refractivity (Wildman–Crippen MR) is 73.7 cm³/mol. The average molecular weight is 331 g/mol. The van der Waals surface area contributed by atoms with E-state index in [0.29, 0.717) is 10.2 Å². The number of para-hydroxylation sites is 1. The lowest BCUT2D eigenvalue weighted by Gasteiger charge is -2.16. The SMILES string of the molecule is CCOC(=O)C(NNc1cccc(Br)c1O)C(C)=O. The van der Waals surface area contributed by atoms with Crippen molar-refractivity contribution in [3.8, 4) is 5.75 Å². The molecule has 104 valence electrons. The van der Waals surface area contributed by atoms with E-state index in [9.17, 15) is 14.7 Å². The Bertz CT molecular complexity index is 479. The van der Waals surface area contributed by atoms with Crippen LogP contribution in [-0.4, -0.2) is 29.5 Å². The first-order chi connectivity index (χ1) is 8.97. The normalized spacial score (nSPS) is 11.7. The molecule has 1 atom stereocenters. The van der Waals surface area contributed by atoms with Gasteiger partial charge in [-0.25, -0.2) is 10.2 Å². The van der Waals surface area contributed by atoms with Gasteiger partial charge in [-0.3, -0.25) is 4.79 Å². The van der Waals surface area contributed by atoms with E-state index in [2.05, 4.69) is 26.8 Å². The van der Waals surface area contributed by atoms with E-state index in [1.807, 2.05) is 0 Å². The Morgan fingerprint density at radius 3 is 2.74 bits per heavy atom. The van der Waals surface area contributed by atoms with Crippen molar-refractivity contribution in [1.29, 1.82) is 0 Å². The Hall–Kier alpha value is -1.60. The molecule has 1 rings (SSSR count). The van der Waals surface area contributed by atoms with Crippen molar-refractivity contribution in [3.63, 3.8) is 0 Å². The molecule has 0 radical (unpaired) electrons. The molecule has 0 aromatic heterocycles. The summed E-state index contributed by atoms with van der Waals surface area (Å²) >= 11 is 3.16. The largest absolute Gasteiger partial charge is 0.505 e. The number of anilines is 1. The van der Waals surface area contributed by atoms with E-state index >= 15 is 0 Å². The van der Waals surface area contributed by atoms with Crippen LogP contribution in [-0.2, 0) is 14.3 Å². The number of nitrogens with one attached hydrogen (secondary N) is 2. The van der Waals surface area contributed by atoms with Gasteiger partial charge in [0.25, 0.3) is 0 Å². The minimum Gasteiger partial charge on any atom is -0.505 e. The molecule has 0 aliphatic carbocycles. The Kier molecular flexibility index (Phi) is 5.78. The third-order valence-electron chi connectivity index (χ3n) is 2.27. The molecule has 6 nitrogen and oxygen atoms in total. The van der Waals surface area contributed by atoms with Gasteiger partial charge in [-0.15, -0.1) is 0 Å². The molecule has 0 fully saturated rings. The summed E-state index contributed by atoms with van der Waals surface area (Å²) in [5, 5.41) is 9.74. The fraction of sp³-hybridized carbons (Fsp3) is 0.333. The molecule has 0 amide bonds. The summed E-state index contributed by atoms with van der Waals surface area (Å²) in [7, 11) is 0. The third-order valence-corrected chi connectivity index (χ3v) is 2.91. The second-order valence-corrected chi connectivity index (χ2v) is 4.56. The zero-order valence-corrected chi connectivity index (χ0v) is 12.2. The molecular formula is C12H15BrN2O4. The summed E-state index contributed by atoms with van der Waals surface area (Å²) < 4.78 is 5.27. The molecule has 1 aromatic carbocycles. The van der Waals surface area contributed by atoms with Crippen molar-refractivity contribution < 1.29 is 19.4 Å². The highest BCUT2D eigenvalue weighted by Crippen LogP contribution is 2.30. The first kappa shape index (κ1) is 15.5. The number of ether oxygens (including phenoxy) is 1. The fourth-order valence-corrected chi connectivity index (χ4v) is 1.68. The molecule has 0 spiro atoms. The number of halogens is 1. The monoisotopic (exact) mass is 330 g/mol. The van der Waals surface area contributed by atoms with Crippen molar-refractivity contribution in [3.05, 3.63) is 22.7 Å². The van der Waals surface area contributed by atoms with Crippen LogP contribution in [0.5, 0.6) is 5.75 Å². The third kappa shape index (κ3) is 4.22. The number of ketones is 1. The number of rotatable bonds is 6. The lowest BCUT2D eigenvalue weighted by atomic mass is 10.2. The zero-order chi connectivity index (χ0) is 14.4. The topological polar surface area (TPSA) is 87.7 Å². The number of carbonyl (C=O) groups is 2. The van der Waals surface area contributed by atoms with Gasteiger partial charge in [0.2, 0.25) is 0 Å². The number of benzene rings is 1. The van der Waals surface area contributed by atoms with Crippen LogP contribution in [0.1, 0.15) is 13.8 Å². The lowest BCUT2D eigenvalue weighted by Crippen LogP contribution is -2.46. The van der Waals surface area contributed by atoms with Gasteiger partial charge < -0.3 is 15.3 Å². The van der Waals surface area contributed by atoms with Gasteiger partial charge in [0.15, 0.2) is 17.6 Å². The summed E-state index contributed by atoms with van der Waals surface area (Å²) in [4.78, 5) is 22.9. The van der Waals surface area contributed by atoms with Gasteiger partial charge in [-0.05, 0) is 41.9 Å². The van der Waals surface area contributed by atoms with E-state index in [0.717, 1.165) is 0 Å². The number of phenolic OH excluding ortho intramolecular Hbond substituents is 1. The number of hydrazine groups is 1. The van der Waals surface area contributed by atoms with E-state index < -0.39 is 12.0 Å². The van der Waals surface area contributed by atoms with Crippen molar-refractivity contribution >= 4 is 33.4 Å². The molecule has 0 saturated carbocycles. The number of carbonyl (C=O) groups excluding carboxylic acids is 2. The van der Waals surface area contributed by atoms with Gasteiger partial charge >= 0.3 is 5.97 Å². The molecule has 0 saturated heterocycles. The number of esters is 1. The van der Waals surface area contributed by atoms with E-state index in [-0.39, 0.29) is 18.1 Å². The maximum atomic E-state index is 11.5. The summed E-state index contributed by atoms with van der Waals surface area (Å²) in [6.07, 6.45) is 0. The van der Waals surface area contributed by atoms with Crippen LogP contribution < -0.4 is 10.9 Å².